The Kier molecular flexibility index (Phi) is 2.53. The highest BCUT2D eigenvalue weighted by Crippen LogP contribution is 2.37. The lowest BCUT2D eigenvalue weighted by atomic mass is 9.93. The molecule has 1 nitrogen and oxygen atoms in total. The molecule has 0 spiro atoms. The summed E-state index contributed by atoms with van der Waals surface area (Å²) >= 11 is 0. The number of hydrogen-bond donors (Lipinski definition) is 0. The van der Waals surface area contributed by atoms with E-state index in [2.05, 4.69) is 61.5 Å². The fraction of sp³-hybridized carbons (Fsp3) is 0.158. The fourth-order valence-corrected chi connectivity index (χ4v) is 3.13. The van der Waals surface area contributed by atoms with Gasteiger partial charge in [0.05, 0.1) is 6.61 Å². The molecule has 0 fully saturated rings. The van der Waals surface area contributed by atoms with E-state index in [-0.39, 0.29) is 0 Å². The smallest absolute Gasteiger partial charge is 0.123 e. The third-order valence-corrected chi connectivity index (χ3v) is 4.04. The SMILES string of the molecule is Cc1cc(-c2ccccc2)c2ccc3c(c2c1)CCO3. The largest absolute Gasteiger partial charge is 0.493 e. The van der Waals surface area contributed by atoms with Crippen LogP contribution in [0.15, 0.2) is 54.6 Å². The average Bonchev–Trinajstić information content (AvgIpc) is 2.96. The lowest BCUT2D eigenvalue weighted by molar-refractivity contribution is 0.357. The number of aryl methyl sites for hydroxylation is 1. The van der Waals surface area contributed by atoms with Gasteiger partial charge in [-0.1, -0.05) is 48.5 Å². The van der Waals surface area contributed by atoms with Crippen molar-refractivity contribution in [2.45, 2.75) is 13.3 Å². The van der Waals surface area contributed by atoms with Crippen LogP contribution in [0.25, 0.3) is 21.9 Å². The van der Waals surface area contributed by atoms with E-state index in [1.807, 2.05) is 0 Å². The van der Waals surface area contributed by atoms with Gasteiger partial charge in [-0.15, -0.1) is 0 Å². The van der Waals surface area contributed by atoms with Gasteiger partial charge in [0, 0.05) is 12.0 Å². The molecule has 0 saturated carbocycles. The molecule has 3 aromatic rings. The molecule has 0 aliphatic carbocycles. The molecule has 0 aromatic heterocycles. The van der Waals surface area contributed by atoms with Gasteiger partial charge in [-0.2, -0.15) is 0 Å². The first-order chi connectivity index (χ1) is 9.83. The van der Waals surface area contributed by atoms with Crippen LogP contribution in [0.2, 0.25) is 0 Å². The normalized spacial score (nSPS) is 13.2. The van der Waals surface area contributed by atoms with Crippen molar-refractivity contribution in [3.63, 3.8) is 0 Å². The highest BCUT2D eigenvalue weighted by molar-refractivity contribution is 6.00. The van der Waals surface area contributed by atoms with Gasteiger partial charge in [0.25, 0.3) is 0 Å². The van der Waals surface area contributed by atoms with E-state index >= 15 is 0 Å². The molecule has 1 aliphatic heterocycles. The van der Waals surface area contributed by atoms with Crippen LogP contribution >= 0.6 is 0 Å². The molecule has 98 valence electrons. The van der Waals surface area contributed by atoms with Crippen LogP contribution in [0, 0.1) is 6.92 Å². The van der Waals surface area contributed by atoms with Crippen LogP contribution in [-0.4, -0.2) is 6.61 Å². The first-order valence-electron chi connectivity index (χ1n) is 7.07. The van der Waals surface area contributed by atoms with E-state index in [1.165, 1.54) is 33.0 Å². The Labute approximate surface area is 118 Å². The molecule has 4 rings (SSSR count). The molecular weight excluding hydrogens is 244 g/mol. The predicted molar refractivity (Wildman–Crippen MR) is 83.3 cm³/mol. The molecule has 0 bridgehead atoms. The summed E-state index contributed by atoms with van der Waals surface area (Å²) in [6, 6.07) is 19.5. The fourth-order valence-electron chi connectivity index (χ4n) is 3.13. The maximum atomic E-state index is 5.69. The molecule has 0 amide bonds. The van der Waals surface area contributed by atoms with Gasteiger partial charge < -0.3 is 4.74 Å². The van der Waals surface area contributed by atoms with Gasteiger partial charge in [0.1, 0.15) is 5.75 Å². The van der Waals surface area contributed by atoms with Crippen molar-refractivity contribution in [3.8, 4) is 16.9 Å². The summed E-state index contributed by atoms with van der Waals surface area (Å²) in [5.41, 5.74) is 5.26. The zero-order chi connectivity index (χ0) is 13.5. The second-order valence-electron chi connectivity index (χ2n) is 5.41. The summed E-state index contributed by atoms with van der Waals surface area (Å²) in [4.78, 5) is 0. The third-order valence-electron chi connectivity index (χ3n) is 4.04. The van der Waals surface area contributed by atoms with Crippen molar-refractivity contribution in [2.24, 2.45) is 0 Å². The van der Waals surface area contributed by atoms with E-state index in [0.717, 1.165) is 18.8 Å². The summed E-state index contributed by atoms with van der Waals surface area (Å²) in [6.07, 6.45) is 1.02. The molecule has 0 N–H and O–H groups in total. The summed E-state index contributed by atoms with van der Waals surface area (Å²) in [5.74, 6) is 1.06. The Morgan fingerprint density at radius 3 is 2.60 bits per heavy atom. The first-order valence-corrected chi connectivity index (χ1v) is 7.07. The number of rotatable bonds is 1. The van der Waals surface area contributed by atoms with Crippen molar-refractivity contribution >= 4 is 10.8 Å². The molecule has 20 heavy (non-hydrogen) atoms. The first kappa shape index (κ1) is 11.5. The predicted octanol–water partition coefficient (Wildman–Crippen LogP) is 4.75. The quantitative estimate of drug-likeness (QED) is 0.613. The van der Waals surface area contributed by atoms with Crippen molar-refractivity contribution in [3.05, 3.63) is 65.7 Å². The highest BCUT2D eigenvalue weighted by atomic mass is 16.5. The lowest BCUT2D eigenvalue weighted by Crippen LogP contribution is -1.88. The molecule has 1 aliphatic rings. The van der Waals surface area contributed by atoms with Crippen LogP contribution in [-0.2, 0) is 6.42 Å². The molecule has 0 radical (unpaired) electrons. The number of ether oxygens (including phenoxy) is 1. The summed E-state index contributed by atoms with van der Waals surface area (Å²) < 4.78 is 5.69. The van der Waals surface area contributed by atoms with Gasteiger partial charge in [0.15, 0.2) is 0 Å². The molecule has 1 heteroatoms. The minimum absolute atomic E-state index is 0.809. The molecular formula is C19H16O. The minimum Gasteiger partial charge on any atom is -0.493 e. The summed E-state index contributed by atoms with van der Waals surface area (Å²) in [6.45, 7) is 2.98. The second-order valence-corrected chi connectivity index (χ2v) is 5.41. The summed E-state index contributed by atoms with van der Waals surface area (Å²) in [7, 11) is 0. The zero-order valence-corrected chi connectivity index (χ0v) is 11.5. The van der Waals surface area contributed by atoms with Crippen LogP contribution in [0.5, 0.6) is 5.75 Å². The average molecular weight is 260 g/mol. The highest BCUT2D eigenvalue weighted by Gasteiger charge is 2.17. The Hall–Kier alpha value is -2.28. The Balaban J connectivity index is 2.07. The van der Waals surface area contributed by atoms with Crippen LogP contribution in [0.4, 0.5) is 0 Å². The number of hydrogen-bond acceptors (Lipinski definition) is 1. The van der Waals surface area contributed by atoms with E-state index in [9.17, 15) is 0 Å². The third kappa shape index (κ3) is 1.70. The molecule has 0 saturated heterocycles. The van der Waals surface area contributed by atoms with E-state index in [4.69, 9.17) is 4.74 Å². The van der Waals surface area contributed by atoms with Crippen molar-refractivity contribution in [1.82, 2.24) is 0 Å². The van der Waals surface area contributed by atoms with E-state index in [0.29, 0.717) is 0 Å². The van der Waals surface area contributed by atoms with Crippen molar-refractivity contribution in [1.29, 1.82) is 0 Å². The van der Waals surface area contributed by atoms with Crippen molar-refractivity contribution in [2.75, 3.05) is 6.61 Å². The summed E-state index contributed by atoms with van der Waals surface area (Å²) in [5, 5.41) is 2.67. The molecule has 0 atom stereocenters. The molecule has 0 unspecified atom stereocenters. The standard InChI is InChI=1S/C19H16O/c1-13-11-17(14-5-3-2-4-6-14)15-7-8-19-16(9-10-20-19)18(15)12-13/h2-8,11-12H,9-10H2,1H3. The van der Waals surface area contributed by atoms with Crippen LogP contribution in [0.3, 0.4) is 0 Å². The Bertz CT molecular complexity index is 788. The van der Waals surface area contributed by atoms with Crippen LogP contribution < -0.4 is 4.74 Å². The zero-order valence-electron chi connectivity index (χ0n) is 11.5. The van der Waals surface area contributed by atoms with Crippen LogP contribution in [0.1, 0.15) is 11.1 Å². The number of benzene rings is 3. The van der Waals surface area contributed by atoms with Gasteiger partial charge in [0.2, 0.25) is 0 Å². The topological polar surface area (TPSA) is 9.23 Å². The Morgan fingerprint density at radius 1 is 0.900 bits per heavy atom. The van der Waals surface area contributed by atoms with Gasteiger partial charge in [-0.3, -0.25) is 0 Å². The molecule has 1 heterocycles. The minimum atomic E-state index is 0.809. The monoisotopic (exact) mass is 260 g/mol. The maximum absolute atomic E-state index is 5.69. The lowest BCUT2D eigenvalue weighted by Gasteiger charge is -2.11. The van der Waals surface area contributed by atoms with Gasteiger partial charge in [-0.05, 0) is 40.5 Å². The van der Waals surface area contributed by atoms with Gasteiger partial charge >= 0.3 is 0 Å². The maximum Gasteiger partial charge on any atom is 0.123 e. The van der Waals surface area contributed by atoms with E-state index in [1.54, 1.807) is 0 Å². The second kappa shape index (κ2) is 4.38. The molecule has 3 aromatic carbocycles. The Morgan fingerprint density at radius 2 is 1.75 bits per heavy atom. The van der Waals surface area contributed by atoms with Gasteiger partial charge in [-0.25, -0.2) is 0 Å². The number of fused-ring (bicyclic) bond motifs is 3. The van der Waals surface area contributed by atoms with Crippen molar-refractivity contribution < 1.29 is 4.74 Å². The van der Waals surface area contributed by atoms with E-state index < -0.39 is 0 Å².